The second kappa shape index (κ2) is 6.72. The van der Waals surface area contributed by atoms with Crippen LogP contribution in [0.3, 0.4) is 0 Å². The standard InChI is InChI=1S/C14H16N4OS/c1-18-8-4-6-12(18)10-15-17-14(20)16-11-5-3-7-13(9-11)19-2/h3-10H,1-2H3,(H2,16,17,20)/b15-10+. The summed E-state index contributed by atoms with van der Waals surface area (Å²) < 4.78 is 7.11. The van der Waals surface area contributed by atoms with Crippen LogP contribution in [0.15, 0.2) is 47.7 Å². The van der Waals surface area contributed by atoms with Crippen LogP contribution in [0.2, 0.25) is 0 Å². The molecule has 20 heavy (non-hydrogen) atoms. The Morgan fingerprint density at radius 1 is 1.35 bits per heavy atom. The second-order valence-corrected chi connectivity index (χ2v) is 4.51. The smallest absolute Gasteiger partial charge is 0.191 e. The molecule has 0 atom stereocenters. The summed E-state index contributed by atoms with van der Waals surface area (Å²) in [6.45, 7) is 0. The van der Waals surface area contributed by atoms with Gasteiger partial charge in [-0.25, -0.2) is 0 Å². The average Bonchev–Trinajstić information content (AvgIpc) is 2.85. The van der Waals surface area contributed by atoms with Crippen molar-refractivity contribution in [3.05, 3.63) is 48.3 Å². The minimum absolute atomic E-state index is 0.420. The van der Waals surface area contributed by atoms with Gasteiger partial charge in [-0.3, -0.25) is 5.43 Å². The molecule has 0 bridgehead atoms. The maximum Gasteiger partial charge on any atom is 0.191 e. The van der Waals surface area contributed by atoms with E-state index in [0.717, 1.165) is 17.1 Å². The molecule has 0 saturated carbocycles. The van der Waals surface area contributed by atoms with Crippen molar-refractivity contribution in [3.63, 3.8) is 0 Å². The fourth-order valence-corrected chi connectivity index (χ4v) is 1.80. The summed E-state index contributed by atoms with van der Waals surface area (Å²) in [6, 6.07) is 11.4. The predicted molar refractivity (Wildman–Crippen MR) is 85.4 cm³/mol. The number of rotatable bonds is 4. The first-order valence-corrected chi connectivity index (χ1v) is 6.45. The number of hydrogen-bond acceptors (Lipinski definition) is 3. The number of ether oxygens (including phenoxy) is 1. The van der Waals surface area contributed by atoms with Gasteiger partial charge in [-0.15, -0.1) is 0 Å². The Labute approximate surface area is 123 Å². The maximum atomic E-state index is 5.16. The molecule has 1 aromatic heterocycles. The van der Waals surface area contributed by atoms with Gasteiger partial charge in [0.25, 0.3) is 0 Å². The van der Waals surface area contributed by atoms with Crippen molar-refractivity contribution in [1.82, 2.24) is 9.99 Å². The molecule has 2 rings (SSSR count). The van der Waals surface area contributed by atoms with Crippen LogP contribution in [0.5, 0.6) is 5.75 Å². The van der Waals surface area contributed by atoms with E-state index in [0.29, 0.717) is 5.11 Å². The molecule has 1 aromatic carbocycles. The Balaban J connectivity index is 1.89. The first-order chi connectivity index (χ1) is 9.69. The molecular formula is C14H16N4OS. The lowest BCUT2D eigenvalue weighted by atomic mass is 10.3. The van der Waals surface area contributed by atoms with Crippen LogP contribution in [-0.4, -0.2) is 23.0 Å². The van der Waals surface area contributed by atoms with Crippen LogP contribution in [0.1, 0.15) is 5.69 Å². The third-order valence-electron chi connectivity index (χ3n) is 2.67. The van der Waals surface area contributed by atoms with Crippen molar-refractivity contribution in [3.8, 4) is 5.75 Å². The quantitative estimate of drug-likeness (QED) is 0.515. The molecule has 2 N–H and O–H groups in total. The average molecular weight is 288 g/mol. The zero-order chi connectivity index (χ0) is 14.4. The third kappa shape index (κ3) is 3.83. The second-order valence-electron chi connectivity index (χ2n) is 4.10. The molecule has 0 aliphatic carbocycles. The minimum Gasteiger partial charge on any atom is -0.497 e. The summed E-state index contributed by atoms with van der Waals surface area (Å²) in [5.41, 5.74) is 4.60. The van der Waals surface area contributed by atoms with Crippen LogP contribution in [0.4, 0.5) is 5.69 Å². The zero-order valence-corrected chi connectivity index (χ0v) is 12.1. The van der Waals surface area contributed by atoms with Crippen LogP contribution < -0.4 is 15.5 Å². The number of benzene rings is 1. The van der Waals surface area contributed by atoms with Gasteiger partial charge in [-0.1, -0.05) is 6.07 Å². The fraction of sp³-hybridized carbons (Fsp3) is 0.143. The highest BCUT2D eigenvalue weighted by Gasteiger charge is 1.98. The van der Waals surface area contributed by atoms with E-state index in [-0.39, 0.29) is 0 Å². The number of nitrogens with zero attached hydrogens (tertiary/aromatic N) is 2. The Morgan fingerprint density at radius 2 is 2.20 bits per heavy atom. The van der Waals surface area contributed by atoms with Gasteiger partial charge in [-0.2, -0.15) is 5.10 Å². The number of thiocarbonyl (C=S) groups is 1. The lowest BCUT2D eigenvalue weighted by Crippen LogP contribution is -2.23. The van der Waals surface area contributed by atoms with Gasteiger partial charge in [0.2, 0.25) is 0 Å². The lowest BCUT2D eigenvalue weighted by molar-refractivity contribution is 0.415. The number of nitrogens with one attached hydrogen (secondary N) is 2. The number of hydrogen-bond donors (Lipinski definition) is 2. The van der Waals surface area contributed by atoms with Crippen LogP contribution in [0, 0.1) is 0 Å². The number of hydrazone groups is 1. The summed E-state index contributed by atoms with van der Waals surface area (Å²) in [5.74, 6) is 0.769. The molecule has 5 nitrogen and oxygen atoms in total. The molecule has 0 spiro atoms. The van der Waals surface area contributed by atoms with E-state index in [1.165, 1.54) is 0 Å². The molecule has 1 heterocycles. The zero-order valence-electron chi connectivity index (χ0n) is 11.3. The van der Waals surface area contributed by atoms with E-state index in [9.17, 15) is 0 Å². The number of aryl methyl sites for hydroxylation is 1. The Hall–Kier alpha value is -2.34. The molecule has 0 fully saturated rings. The van der Waals surface area contributed by atoms with Gasteiger partial charge < -0.3 is 14.6 Å². The predicted octanol–water partition coefficient (Wildman–Crippen LogP) is 2.35. The summed E-state index contributed by atoms with van der Waals surface area (Å²) in [6.07, 6.45) is 3.66. The number of anilines is 1. The Bertz CT molecular complexity index is 621. The Morgan fingerprint density at radius 3 is 2.90 bits per heavy atom. The normalized spacial score (nSPS) is 10.5. The first-order valence-electron chi connectivity index (χ1n) is 6.04. The molecule has 0 aliphatic rings. The van der Waals surface area contributed by atoms with E-state index >= 15 is 0 Å². The maximum absolute atomic E-state index is 5.16. The van der Waals surface area contributed by atoms with E-state index in [1.54, 1.807) is 13.3 Å². The SMILES string of the molecule is COc1cccc(NC(=S)N/N=C/c2cccn2C)c1. The largest absolute Gasteiger partial charge is 0.497 e. The van der Waals surface area contributed by atoms with Crippen molar-refractivity contribution in [2.75, 3.05) is 12.4 Å². The first kappa shape index (κ1) is 14.1. The van der Waals surface area contributed by atoms with Gasteiger partial charge in [0.15, 0.2) is 5.11 Å². The molecule has 0 aliphatic heterocycles. The highest BCUT2D eigenvalue weighted by molar-refractivity contribution is 7.80. The van der Waals surface area contributed by atoms with Crippen molar-refractivity contribution in [1.29, 1.82) is 0 Å². The van der Waals surface area contributed by atoms with Crippen molar-refractivity contribution in [2.24, 2.45) is 12.1 Å². The molecule has 2 aromatic rings. The molecular weight excluding hydrogens is 272 g/mol. The van der Waals surface area contributed by atoms with E-state index < -0.39 is 0 Å². The summed E-state index contributed by atoms with van der Waals surface area (Å²) >= 11 is 5.16. The van der Waals surface area contributed by atoms with E-state index in [1.807, 2.05) is 54.2 Å². The van der Waals surface area contributed by atoms with Gasteiger partial charge in [0, 0.05) is 25.0 Å². The fourth-order valence-electron chi connectivity index (χ4n) is 1.63. The topological polar surface area (TPSA) is 50.6 Å². The van der Waals surface area contributed by atoms with Crippen LogP contribution in [-0.2, 0) is 7.05 Å². The summed E-state index contributed by atoms with van der Waals surface area (Å²) in [7, 11) is 3.58. The molecule has 0 radical (unpaired) electrons. The molecule has 104 valence electrons. The number of methoxy groups -OCH3 is 1. The van der Waals surface area contributed by atoms with Crippen LogP contribution in [0.25, 0.3) is 0 Å². The lowest BCUT2D eigenvalue weighted by Gasteiger charge is -2.08. The van der Waals surface area contributed by atoms with Crippen molar-refractivity contribution in [2.45, 2.75) is 0 Å². The van der Waals surface area contributed by atoms with Crippen molar-refractivity contribution >= 4 is 29.2 Å². The monoisotopic (exact) mass is 288 g/mol. The van der Waals surface area contributed by atoms with Crippen LogP contribution >= 0.6 is 12.2 Å². The molecule has 0 saturated heterocycles. The van der Waals surface area contributed by atoms with Gasteiger partial charge >= 0.3 is 0 Å². The van der Waals surface area contributed by atoms with Gasteiger partial charge in [-0.05, 0) is 36.5 Å². The number of aromatic nitrogens is 1. The van der Waals surface area contributed by atoms with Crippen molar-refractivity contribution < 1.29 is 4.74 Å². The van der Waals surface area contributed by atoms with Gasteiger partial charge in [0.05, 0.1) is 19.0 Å². The molecule has 0 amide bonds. The Kier molecular flexibility index (Phi) is 4.73. The highest BCUT2D eigenvalue weighted by Crippen LogP contribution is 2.16. The third-order valence-corrected chi connectivity index (χ3v) is 2.87. The van der Waals surface area contributed by atoms with E-state index in [2.05, 4.69) is 15.8 Å². The summed E-state index contributed by atoms with van der Waals surface area (Å²) in [5, 5.41) is 7.53. The highest BCUT2D eigenvalue weighted by atomic mass is 32.1. The van der Waals surface area contributed by atoms with E-state index in [4.69, 9.17) is 17.0 Å². The minimum atomic E-state index is 0.420. The van der Waals surface area contributed by atoms with Gasteiger partial charge in [0.1, 0.15) is 5.75 Å². The molecule has 6 heteroatoms. The molecule has 0 unspecified atom stereocenters. The summed E-state index contributed by atoms with van der Waals surface area (Å²) in [4.78, 5) is 0.